The van der Waals surface area contributed by atoms with E-state index in [1.54, 1.807) is 7.11 Å². The molecule has 0 saturated heterocycles. The minimum absolute atomic E-state index is 0.00514. The van der Waals surface area contributed by atoms with E-state index in [1.807, 2.05) is 42.5 Å². The molecular weight excluding hydrogens is 250 g/mol. The number of aliphatic hydroxyl groups excluding tert-OH is 1. The van der Waals surface area contributed by atoms with Crippen LogP contribution in [0.15, 0.2) is 54.6 Å². The second-order valence-electron chi connectivity index (χ2n) is 4.70. The molecule has 20 heavy (non-hydrogen) atoms. The lowest BCUT2D eigenvalue weighted by Gasteiger charge is -2.16. The van der Waals surface area contributed by atoms with Gasteiger partial charge in [-0.25, -0.2) is 0 Å². The highest BCUT2D eigenvalue weighted by molar-refractivity contribution is 5.27. The van der Waals surface area contributed by atoms with E-state index < -0.39 is 0 Å². The van der Waals surface area contributed by atoms with Crippen LogP contribution in [0.4, 0.5) is 0 Å². The van der Waals surface area contributed by atoms with E-state index in [4.69, 9.17) is 4.74 Å². The van der Waals surface area contributed by atoms with Gasteiger partial charge in [-0.15, -0.1) is 0 Å². The molecule has 1 atom stereocenters. The Hall–Kier alpha value is -1.84. The molecule has 0 aliphatic rings. The fourth-order valence-corrected chi connectivity index (χ4v) is 2.16. The van der Waals surface area contributed by atoms with Gasteiger partial charge in [0, 0.05) is 0 Å². The molecule has 2 N–H and O–H groups in total. The molecule has 0 aliphatic carbocycles. The average Bonchev–Trinajstić information content (AvgIpc) is 2.53. The van der Waals surface area contributed by atoms with Gasteiger partial charge in [0.2, 0.25) is 0 Å². The molecule has 2 aromatic rings. The summed E-state index contributed by atoms with van der Waals surface area (Å²) in [5, 5.41) is 12.8. The molecule has 0 aliphatic heterocycles. The number of hydrogen-bond donors (Lipinski definition) is 2. The van der Waals surface area contributed by atoms with Crippen molar-refractivity contribution >= 4 is 0 Å². The molecule has 0 heterocycles. The molecule has 1 unspecified atom stereocenters. The van der Waals surface area contributed by atoms with Crippen molar-refractivity contribution in [2.24, 2.45) is 0 Å². The van der Waals surface area contributed by atoms with Crippen molar-refractivity contribution < 1.29 is 9.84 Å². The molecule has 0 fully saturated rings. The molecule has 2 rings (SSSR count). The van der Waals surface area contributed by atoms with Gasteiger partial charge in [-0.2, -0.15) is 0 Å². The second-order valence-corrected chi connectivity index (χ2v) is 4.70. The SMILES string of the molecule is COc1ccc(CCNC(CO)c2ccccc2)cc1. The van der Waals surface area contributed by atoms with Crippen LogP contribution in [0.25, 0.3) is 0 Å². The van der Waals surface area contributed by atoms with Gasteiger partial charge in [-0.3, -0.25) is 0 Å². The molecular formula is C17H21NO2. The Morgan fingerprint density at radius 2 is 1.75 bits per heavy atom. The highest BCUT2D eigenvalue weighted by Gasteiger charge is 2.08. The maximum atomic E-state index is 9.47. The first-order valence-corrected chi connectivity index (χ1v) is 6.85. The van der Waals surface area contributed by atoms with Crippen LogP contribution in [0, 0.1) is 0 Å². The summed E-state index contributed by atoms with van der Waals surface area (Å²) in [4.78, 5) is 0. The summed E-state index contributed by atoms with van der Waals surface area (Å²) in [6.07, 6.45) is 0.924. The van der Waals surface area contributed by atoms with E-state index in [0.29, 0.717) is 0 Å². The standard InChI is InChI=1S/C17H21NO2/c1-20-16-9-7-14(8-10-16)11-12-18-17(13-19)15-5-3-2-4-6-15/h2-10,17-19H,11-13H2,1H3. The molecule has 3 heteroatoms. The largest absolute Gasteiger partial charge is 0.497 e. The number of ether oxygens (including phenoxy) is 1. The Morgan fingerprint density at radius 3 is 2.35 bits per heavy atom. The van der Waals surface area contributed by atoms with Gasteiger partial charge < -0.3 is 15.2 Å². The number of rotatable bonds is 7. The first-order valence-electron chi connectivity index (χ1n) is 6.85. The highest BCUT2D eigenvalue weighted by Crippen LogP contribution is 2.13. The molecule has 0 radical (unpaired) electrons. The lowest BCUT2D eigenvalue weighted by atomic mass is 10.1. The summed E-state index contributed by atoms with van der Waals surface area (Å²) in [5.74, 6) is 0.874. The van der Waals surface area contributed by atoms with Crippen LogP contribution in [0.5, 0.6) is 5.75 Å². The van der Waals surface area contributed by atoms with Gasteiger partial charge in [-0.1, -0.05) is 42.5 Å². The third kappa shape index (κ3) is 4.08. The van der Waals surface area contributed by atoms with Crippen molar-refractivity contribution in [3.63, 3.8) is 0 Å². The van der Waals surface area contributed by atoms with Crippen LogP contribution in [0.2, 0.25) is 0 Å². The number of aliphatic hydroxyl groups is 1. The van der Waals surface area contributed by atoms with Crippen molar-refractivity contribution in [2.75, 3.05) is 20.3 Å². The van der Waals surface area contributed by atoms with E-state index >= 15 is 0 Å². The zero-order valence-electron chi connectivity index (χ0n) is 11.8. The summed E-state index contributed by atoms with van der Waals surface area (Å²) in [7, 11) is 1.67. The highest BCUT2D eigenvalue weighted by atomic mass is 16.5. The molecule has 0 bridgehead atoms. The molecule has 0 amide bonds. The number of nitrogens with one attached hydrogen (secondary N) is 1. The van der Waals surface area contributed by atoms with Crippen molar-refractivity contribution in [2.45, 2.75) is 12.5 Å². The summed E-state index contributed by atoms with van der Waals surface area (Å²) in [5.41, 5.74) is 2.37. The van der Waals surface area contributed by atoms with Crippen LogP contribution < -0.4 is 10.1 Å². The summed E-state index contributed by atoms with van der Waals surface area (Å²) in [6.45, 7) is 0.930. The lowest BCUT2D eigenvalue weighted by Crippen LogP contribution is -2.26. The Bertz CT molecular complexity index is 496. The lowest BCUT2D eigenvalue weighted by molar-refractivity contribution is 0.245. The van der Waals surface area contributed by atoms with Gasteiger partial charge in [0.25, 0.3) is 0 Å². The van der Waals surface area contributed by atoms with E-state index in [-0.39, 0.29) is 12.6 Å². The first-order chi connectivity index (χ1) is 9.83. The normalized spacial score (nSPS) is 12.1. The fourth-order valence-electron chi connectivity index (χ4n) is 2.16. The molecule has 0 spiro atoms. The molecule has 106 valence electrons. The van der Waals surface area contributed by atoms with Crippen LogP contribution in [0.1, 0.15) is 17.2 Å². The van der Waals surface area contributed by atoms with Crippen LogP contribution in [0.3, 0.4) is 0 Å². The monoisotopic (exact) mass is 271 g/mol. The quantitative estimate of drug-likeness (QED) is 0.813. The molecule has 0 saturated carbocycles. The predicted molar refractivity (Wildman–Crippen MR) is 81.0 cm³/mol. The van der Waals surface area contributed by atoms with Crippen LogP contribution in [-0.2, 0) is 6.42 Å². The van der Waals surface area contributed by atoms with Gasteiger partial charge in [-0.05, 0) is 36.2 Å². The van der Waals surface area contributed by atoms with E-state index in [1.165, 1.54) is 5.56 Å². The zero-order valence-corrected chi connectivity index (χ0v) is 11.8. The summed E-state index contributed by atoms with van der Waals surface area (Å²) >= 11 is 0. The number of hydrogen-bond acceptors (Lipinski definition) is 3. The Balaban J connectivity index is 1.84. The van der Waals surface area contributed by atoms with Crippen molar-refractivity contribution in [3.05, 3.63) is 65.7 Å². The smallest absolute Gasteiger partial charge is 0.118 e. The van der Waals surface area contributed by atoms with Gasteiger partial charge in [0.05, 0.1) is 19.8 Å². The number of benzene rings is 2. The van der Waals surface area contributed by atoms with Crippen molar-refractivity contribution in [1.82, 2.24) is 5.32 Å². The van der Waals surface area contributed by atoms with Gasteiger partial charge in [0.15, 0.2) is 0 Å². The Kier molecular flexibility index (Phi) is 5.59. The third-order valence-electron chi connectivity index (χ3n) is 3.35. The molecule has 2 aromatic carbocycles. The minimum Gasteiger partial charge on any atom is -0.497 e. The number of methoxy groups -OCH3 is 1. The van der Waals surface area contributed by atoms with Gasteiger partial charge >= 0.3 is 0 Å². The summed E-state index contributed by atoms with van der Waals surface area (Å²) < 4.78 is 5.14. The molecule has 3 nitrogen and oxygen atoms in total. The fraction of sp³-hybridized carbons (Fsp3) is 0.294. The summed E-state index contributed by atoms with van der Waals surface area (Å²) in [6, 6.07) is 18.1. The van der Waals surface area contributed by atoms with E-state index in [9.17, 15) is 5.11 Å². The zero-order chi connectivity index (χ0) is 14.2. The Labute approximate surface area is 120 Å². The molecule has 0 aromatic heterocycles. The van der Waals surface area contributed by atoms with Crippen molar-refractivity contribution in [3.8, 4) is 5.75 Å². The Morgan fingerprint density at radius 1 is 1.05 bits per heavy atom. The first kappa shape index (κ1) is 14.6. The van der Waals surface area contributed by atoms with Gasteiger partial charge in [0.1, 0.15) is 5.75 Å². The minimum atomic E-state index is -0.00514. The third-order valence-corrected chi connectivity index (χ3v) is 3.35. The second kappa shape index (κ2) is 7.68. The maximum absolute atomic E-state index is 9.47. The van der Waals surface area contributed by atoms with E-state index in [2.05, 4.69) is 17.4 Å². The maximum Gasteiger partial charge on any atom is 0.118 e. The average molecular weight is 271 g/mol. The van der Waals surface area contributed by atoms with Crippen molar-refractivity contribution in [1.29, 1.82) is 0 Å². The van der Waals surface area contributed by atoms with Crippen LogP contribution >= 0.6 is 0 Å². The van der Waals surface area contributed by atoms with E-state index in [0.717, 1.165) is 24.3 Å². The van der Waals surface area contributed by atoms with Crippen LogP contribution in [-0.4, -0.2) is 25.4 Å². The topological polar surface area (TPSA) is 41.5 Å². The predicted octanol–water partition coefficient (Wildman–Crippen LogP) is 2.56.